The van der Waals surface area contributed by atoms with E-state index in [1.54, 1.807) is 17.7 Å². The molecule has 17 heavy (non-hydrogen) atoms. The van der Waals surface area contributed by atoms with Gasteiger partial charge in [0.2, 0.25) is 0 Å². The Labute approximate surface area is 112 Å². The van der Waals surface area contributed by atoms with Crippen LogP contribution in [-0.2, 0) is 7.05 Å². The summed E-state index contributed by atoms with van der Waals surface area (Å²) in [4.78, 5) is 16.5. The summed E-state index contributed by atoms with van der Waals surface area (Å²) < 4.78 is 2.45. The van der Waals surface area contributed by atoms with Crippen LogP contribution >= 0.6 is 27.7 Å². The van der Waals surface area contributed by atoms with Crippen LogP contribution in [0.3, 0.4) is 0 Å². The van der Waals surface area contributed by atoms with E-state index in [1.807, 2.05) is 18.2 Å². The van der Waals surface area contributed by atoms with Crippen LogP contribution in [0.15, 0.2) is 45.3 Å². The van der Waals surface area contributed by atoms with Crippen molar-refractivity contribution >= 4 is 38.6 Å². The highest BCUT2D eigenvalue weighted by Crippen LogP contribution is 2.20. The molecule has 5 heteroatoms. The first-order valence-electron chi connectivity index (χ1n) is 5.01. The molecule has 0 aliphatic carbocycles. The second-order valence-corrected chi connectivity index (χ2v) is 5.65. The Morgan fingerprint density at radius 1 is 1.53 bits per heavy atom. The van der Waals surface area contributed by atoms with Crippen molar-refractivity contribution in [1.29, 1.82) is 0 Å². The molecular formula is C12H11BrN2OS. The van der Waals surface area contributed by atoms with E-state index in [1.165, 1.54) is 11.8 Å². The van der Waals surface area contributed by atoms with Gasteiger partial charge in [0.15, 0.2) is 5.16 Å². The minimum Gasteiger partial charge on any atom is -0.290 e. The van der Waals surface area contributed by atoms with Gasteiger partial charge >= 0.3 is 0 Å². The number of fused-ring (bicyclic) bond motifs is 1. The maximum atomic E-state index is 12.1. The van der Waals surface area contributed by atoms with Crippen molar-refractivity contribution < 1.29 is 0 Å². The first kappa shape index (κ1) is 12.4. The Morgan fingerprint density at radius 3 is 2.94 bits per heavy atom. The van der Waals surface area contributed by atoms with Gasteiger partial charge in [-0.3, -0.25) is 9.36 Å². The molecule has 0 bridgehead atoms. The minimum atomic E-state index is -0.0155. The van der Waals surface area contributed by atoms with Crippen molar-refractivity contribution in [3.63, 3.8) is 0 Å². The largest absolute Gasteiger partial charge is 0.290 e. The molecule has 1 heterocycles. The molecular weight excluding hydrogens is 300 g/mol. The van der Waals surface area contributed by atoms with Crippen molar-refractivity contribution in [2.24, 2.45) is 7.05 Å². The predicted octanol–water partition coefficient (Wildman–Crippen LogP) is 2.93. The molecule has 0 unspecified atom stereocenters. The van der Waals surface area contributed by atoms with Crippen molar-refractivity contribution in [2.75, 3.05) is 5.75 Å². The number of thioether (sulfide) groups is 1. The monoisotopic (exact) mass is 310 g/mol. The van der Waals surface area contributed by atoms with Gasteiger partial charge in [-0.15, -0.1) is 0 Å². The molecule has 0 aliphatic heterocycles. The smallest absolute Gasteiger partial charge is 0.261 e. The summed E-state index contributed by atoms with van der Waals surface area (Å²) in [6, 6.07) is 7.37. The molecule has 3 nitrogen and oxygen atoms in total. The fourth-order valence-electron chi connectivity index (χ4n) is 1.47. The summed E-state index contributed by atoms with van der Waals surface area (Å²) in [7, 11) is 1.74. The number of nitrogens with zero attached hydrogens (tertiary/aromatic N) is 2. The first-order chi connectivity index (χ1) is 8.09. The quantitative estimate of drug-likeness (QED) is 0.646. The summed E-state index contributed by atoms with van der Waals surface area (Å²) in [5.74, 6) is 0.693. The van der Waals surface area contributed by atoms with Gasteiger partial charge in [0.1, 0.15) is 0 Å². The molecule has 0 radical (unpaired) electrons. The summed E-state index contributed by atoms with van der Waals surface area (Å²) in [5.41, 5.74) is 0.719. The van der Waals surface area contributed by atoms with Crippen molar-refractivity contribution in [3.05, 3.63) is 45.7 Å². The topological polar surface area (TPSA) is 34.9 Å². The molecule has 1 aromatic heterocycles. The van der Waals surface area contributed by atoms with E-state index in [-0.39, 0.29) is 5.56 Å². The Kier molecular flexibility index (Phi) is 3.69. The molecule has 0 saturated heterocycles. The number of hydrogen-bond acceptors (Lipinski definition) is 3. The van der Waals surface area contributed by atoms with E-state index in [4.69, 9.17) is 0 Å². The van der Waals surface area contributed by atoms with Crippen LogP contribution in [-0.4, -0.2) is 15.3 Å². The van der Waals surface area contributed by atoms with Crippen LogP contribution in [0.1, 0.15) is 0 Å². The van der Waals surface area contributed by atoms with Crippen LogP contribution in [0.2, 0.25) is 0 Å². The summed E-state index contributed by atoms with van der Waals surface area (Å²) in [5, 5.41) is 1.35. The second kappa shape index (κ2) is 5.06. The van der Waals surface area contributed by atoms with Crippen molar-refractivity contribution in [2.45, 2.75) is 5.16 Å². The lowest BCUT2D eigenvalue weighted by molar-refractivity contribution is 0.727. The molecule has 2 rings (SSSR count). The standard InChI is InChI=1S/C12H11BrN2OS/c1-8(13)7-17-12-14-10-6-4-3-5-9(10)11(16)15(12)2/h3-6H,1,7H2,2H3. The number of rotatable bonds is 3. The van der Waals surface area contributed by atoms with Gasteiger partial charge < -0.3 is 0 Å². The zero-order chi connectivity index (χ0) is 12.4. The molecule has 0 N–H and O–H groups in total. The number of para-hydroxylation sites is 1. The van der Waals surface area contributed by atoms with E-state index < -0.39 is 0 Å². The summed E-state index contributed by atoms with van der Waals surface area (Å²) >= 11 is 4.78. The van der Waals surface area contributed by atoms with E-state index in [2.05, 4.69) is 27.5 Å². The molecule has 2 aromatic rings. The maximum absolute atomic E-state index is 12.1. The molecule has 0 fully saturated rings. The fourth-order valence-corrected chi connectivity index (χ4v) is 2.54. The van der Waals surface area contributed by atoms with E-state index in [0.29, 0.717) is 16.3 Å². The van der Waals surface area contributed by atoms with Crippen LogP contribution in [0.4, 0.5) is 0 Å². The van der Waals surface area contributed by atoms with Gasteiger partial charge in [0, 0.05) is 12.8 Å². The Balaban J connectivity index is 2.54. The normalized spacial score (nSPS) is 10.7. The van der Waals surface area contributed by atoms with Crippen molar-refractivity contribution in [1.82, 2.24) is 9.55 Å². The average Bonchev–Trinajstić information content (AvgIpc) is 2.32. The Hall–Kier alpha value is -1.07. The van der Waals surface area contributed by atoms with Gasteiger partial charge in [-0.1, -0.05) is 46.4 Å². The van der Waals surface area contributed by atoms with E-state index >= 15 is 0 Å². The van der Waals surface area contributed by atoms with Gasteiger partial charge in [0.25, 0.3) is 5.56 Å². The summed E-state index contributed by atoms with van der Waals surface area (Å²) in [6.45, 7) is 3.77. The number of halogens is 1. The van der Waals surface area contributed by atoms with Crippen LogP contribution in [0.25, 0.3) is 10.9 Å². The summed E-state index contributed by atoms with van der Waals surface area (Å²) in [6.07, 6.45) is 0. The number of aromatic nitrogens is 2. The molecule has 1 aromatic carbocycles. The lowest BCUT2D eigenvalue weighted by Gasteiger charge is -2.07. The zero-order valence-corrected chi connectivity index (χ0v) is 11.7. The lowest BCUT2D eigenvalue weighted by Crippen LogP contribution is -2.20. The van der Waals surface area contributed by atoms with Gasteiger partial charge in [-0.25, -0.2) is 4.98 Å². The third kappa shape index (κ3) is 2.61. The molecule has 0 saturated carbocycles. The number of benzene rings is 1. The van der Waals surface area contributed by atoms with Gasteiger partial charge in [-0.05, 0) is 16.6 Å². The maximum Gasteiger partial charge on any atom is 0.261 e. The highest BCUT2D eigenvalue weighted by Gasteiger charge is 2.07. The molecule has 0 spiro atoms. The van der Waals surface area contributed by atoms with Crippen molar-refractivity contribution in [3.8, 4) is 0 Å². The first-order valence-corrected chi connectivity index (χ1v) is 6.79. The molecule has 0 atom stereocenters. The average molecular weight is 311 g/mol. The zero-order valence-electron chi connectivity index (χ0n) is 9.31. The van der Waals surface area contributed by atoms with Crippen LogP contribution in [0.5, 0.6) is 0 Å². The SMILES string of the molecule is C=C(Br)CSc1nc2ccccc2c(=O)n1C. The third-order valence-electron chi connectivity index (χ3n) is 2.30. The predicted molar refractivity (Wildman–Crippen MR) is 75.8 cm³/mol. The second-order valence-electron chi connectivity index (χ2n) is 3.58. The van der Waals surface area contributed by atoms with Crippen LogP contribution in [0, 0.1) is 0 Å². The Bertz CT molecular complexity index is 636. The number of hydrogen-bond donors (Lipinski definition) is 0. The molecule has 0 amide bonds. The highest BCUT2D eigenvalue weighted by atomic mass is 79.9. The molecule has 88 valence electrons. The third-order valence-corrected chi connectivity index (χ3v) is 4.07. The minimum absolute atomic E-state index is 0.0155. The fraction of sp³-hybridized carbons (Fsp3) is 0.167. The Morgan fingerprint density at radius 2 is 2.24 bits per heavy atom. The lowest BCUT2D eigenvalue weighted by atomic mass is 10.2. The van der Waals surface area contributed by atoms with E-state index in [9.17, 15) is 4.79 Å². The van der Waals surface area contributed by atoms with Gasteiger partial charge in [0.05, 0.1) is 10.9 Å². The highest BCUT2D eigenvalue weighted by molar-refractivity contribution is 9.11. The van der Waals surface area contributed by atoms with Gasteiger partial charge in [-0.2, -0.15) is 0 Å². The van der Waals surface area contributed by atoms with Crippen LogP contribution < -0.4 is 5.56 Å². The molecule has 0 aliphatic rings. The van der Waals surface area contributed by atoms with E-state index in [0.717, 1.165) is 10.00 Å².